The predicted molar refractivity (Wildman–Crippen MR) is 320 cm³/mol. The van der Waals surface area contributed by atoms with Crippen molar-refractivity contribution in [2.45, 2.75) is 104 Å². The molecule has 4 aromatic carbocycles. The summed E-state index contributed by atoms with van der Waals surface area (Å²) in [6.45, 7) is 11.7. The molecule has 0 aliphatic carbocycles. The largest absolute Gasteiger partial charge is 0.465 e. The van der Waals surface area contributed by atoms with Gasteiger partial charge in [-0.25, -0.2) is 37.9 Å². The minimum atomic E-state index is -2.15. The van der Waals surface area contributed by atoms with Crippen LogP contribution in [-0.2, 0) is 39.9 Å². The monoisotopic (exact) mass is 1210 g/mol. The number of nitrogens with zero attached hydrogens (tertiary/aromatic N) is 7. The first kappa shape index (κ1) is 61.8. The van der Waals surface area contributed by atoms with E-state index in [9.17, 15) is 38.7 Å². The molecule has 25 heteroatoms. The van der Waals surface area contributed by atoms with Crippen molar-refractivity contribution in [2.75, 3.05) is 62.9 Å². The molecule has 6 heterocycles. The van der Waals surface area contributed by atoms with Crippen molar-refractivity contribution in [1.29, 1.82) is 0 Å². The number of ether oxygens (including phenoxy) is 3. The quantitative estimate of drug-likeness (QED) is 0.0327. The Labute approximate surface area is 507 Å². The van der Waals surface area contributed by atoms with Crippen LogP contribution in [0, 0.1) is 23.5 Å². The SMILES string of the molecule is CC(=O)NCc1cc(-c2ccccc2F)c(N2CCOC2)cc1-c1c[nH]c([C@@H]2CCCN2[C@](NC(=O)O)(C(=O)OC(=O)N(C)[C@H](C(=O)N2CCC[C@H]2c2ncc(-c3ccc(-c4ccc(N5C[C@H](CNC(C)=O)OC5=O)cc4F)cc3)[nH]2)C(C)C)C(C)C)n1. The van der Waals surface area contributed by atoms with Crippen molar-refractivity contribution in [1.82, 2.24) is 50.6 Å². The second kappa shape index (κ2) is 26.0. The van der Waals surface area contributed by atoms with Crippen molar-refractivity contribution >= 4 is 53.3 Å². The molecule has 0 spiro atoms. The summed E-state index contributed by atoms with van der Waals surface area (Å²) >= 11 is 0. The van der Waals surface area contributed by atoms with Crippen LogP contribution >= 0.6 is 0 Å². The Morgan fingerprint density at radius 1 is 0.841 bits per heavy atom. The number of anilines is 2. The third-order valence-corrected chi connectivity index (χ3v) is 16.8. The number of carbonyl (C=O) groups is 7. The maximum atomic E-state index is 15.7. The summed E-state index contributed by atoms with van der Waals surface area (Å²) in [6, 6.07) is 19.4. The Bertz CT molecular complexity index is 3630. The van der Waals surface area contributed by atoms with E-state index >= 15 is 8.78 Å². The number of likely N-dealkylation sites (tertiary alicyclic amines) is 2. The summed E-state index contributed by atoms with van der Waals surface area (Å²) in [7, 11) is 1.37. The second-order valence-corrected chi connectivity index (χ2v) is 23.2. The molecule has 4 saturated heterocycles. The van der Waals surface area contributed by atoms with E-state index in [1.165, 1.54) is 37.9 Å². The molecule has 6 aromatic rings. The van der Waals surface area contributed by atoms with Gasteiger partial charge in [0, 0.05) is 87.1 Å². The predicted octanol–water partition coefficient (Wildman–Crippen LogP) is 8.71. The fraction of sp³-hybridized carbons (Fsp3) is 0.413. The summed E-state index contributed by atoms with van der Waals surface area (Å²) in [5, 5.41) is 18.4. The zero-order valence-electron chi connectivity index (χ0n) is 50.0. The second-order valence-electron chi connectivity index (χ2n) is 23.2. The lowest BCUT2D eigenvalue weighted by Gasteiger charge is -2.44. The van der Waals surface area contributed by atoms with Crippen molar-refractivity contribution in [3.8, 4) is 44.8 Å². The lowest BCUT2D eigenvalue weighted by Crippen LogP contribution is -2.69. The van der Waals surface area contributed by atoms with Crippen LogP contribution in [-0.4, -0.2) is 153 Å². The number of aromatic nitrogens is 4. The molecule has 10 rings (SSSR count). The number of H-pyrrole nitrogens is 2. The number of carboxylic acid groups (broad SMARTS) is 1. The van der Waals surface area contributed by atoms with Crippen LogP contribution in [0.5, 0.6) is 0 Å². The average molecular weight is 1210 g/mol. The molecule has 0 unspecified atom stereocenters. The van der Waals surface area contributed by atoms with E-state index in [0.717, 1.165) is 10.5 Å². The Morgan fingerprint density at radius 2 is 1.57 bits per heavy atom. The topological polar surface area (TPSA) is 277 Å². The van der Waals surface area contributed by atoms with Crippen LogP contribution < -0.4 is 25.8 Å². The number of halogens is 2. The van der Waals surface area contributed by atoms with Crippen molar-refractivity contribution in [3.05, 3.63) is 120 Å². The van der Waals surface area contributed by atoms with Gasteiger partial charge < -0.3 is 49.7 Å². The number of carbonyl (C=O) groups excluding carboxylic acids is 6. The van der Waals surface area contributed by atoms with Gasteiger partial charge in [-0.3, -0.25) is 34.4 Å². The van der Waals surface area contributed by atoms with Crippen molar-refractivity contribution in [3.63, 3.8) is 0 Å². The lowest BCUT2D eigenvalue weighted by molar-refractivity contribution is -0.161. The minimum Gasteiger partial charge on any atom is -0.465 e. The van der Waals surface area contributed by atoms with Gasteiger partial charge in [0.1, 0.15) is 42.2 Å². The van der Waals surface area contributed by atoms with Gasteiger partial charge >= 0.3 is 24.2 Å². The molecule has 4 aliphatic heterocycles. The van der Waals surface area contributed by atoms with Gasteiger partial charge in [0.2, 0.25) is 17.7 Å². The number of rotatable bonds is 19. The minimum absolute atomic E-state index is 0.0810. The molecule has 2 aromatic heterocycles. The molecule has 4 fully saturated rings. The highest BCUT2D eigenvalue weighted by Gasteiger charge is 2.56. The van der Waals surface area contributed by atoms with E-state index in [0.29, 0.717) is 113 Å². The third-order valence-electron chi connectivity index (χ3n) is 16.8. The van der Waals surface area contributed by atoms with Crippen molar-refractivity contribution < 1.29 is 61.7 Å². The highest BCUT2D eigenvalue weighted by Crippen LogP contribution is 2.43. The molecular weight excluding hydrogens is 1140 g/mol. The maximum absolute atomic E-state index is 15.7. The van der Waals surface area contributed by atoms with Crippen LogP contribution in [0.4, 0.5) is 34.5 Å². The fourth-order valence-electron chi connectivity index (χ4n) is 12.4. The smallest absolute Gasteiger partial charge is 0.418 e. The van der Waals surface area contributed by atoms with Crippen molar-refractivity contribution in [2.24, 2.45) is 11.8 Å². The Kier molecular flexibility index (Phi) is 18.3. The van der Waals surface area contributed by atoms with Gasteiger partial charge in [0.15, 0.2) is 5.66 Å². The summed E-state index contributed by atoms with van der Waals surface area (Å²) in [6.07, 6.45) is 1.48. The first-order valence-corrected chi connectivity index (χ1v) is 29.4. The van der Waals surface area contributed by atoms with E-state index in [-0.39, 0.29) is 44.7 Å². The Morgan fingerprint density at radius 3 is 2.25 bits per heavy atom. The molecule has 0 bridgehead atoms. The number of hydrogen-bond donors (Lipinski definition) is 6. The lowest BCUT2D eigenvalue weighted by atomic mass is 9.92. The van der Waals surface area contributed by atoms with Gasteiger partial charge in [-0.2, -0.15) is 0 Å². The van der Waals surface area contributed by atoms with Gasteiger partial charge in [-0.15, -0.1) is 0 Å². The Hall–Kier alpha value is -9.23. The molecule has 464 valence electrons. The van der Waals surface area contributed by atoms with E-state index in [2.05, 4.69) is 30.9 Å². The van der Waals surface area contributed by atoms with Gasteiger partial charge in [-0.1, -0.05) is 70.2 Å². The molecule has 23 nitrogen and oxygen atoms in total. The van der Waals surface area contributed by atoms with Gasteiger partial charge in [0.05, 0.1) is 55.1 Å². The van der Waals surface area contributed by atoms with E-state index < -0.39 is 83.5 Å². The van der Waals surface area contributed by atoms with Crippen LogP contribution in [0.25, 0.3) is 44.8 Å². The molecule has 5 atom stereocenters. The van der Waals surface area contributed by atoms with E-state index in [1.54, 1.807) is 92.4 Å². The van der Waals surface area contributed by atoms with Gasteiger partial charge in [-0.05, 0) is 84.7 Å². The normalized spacial score (nSPS) is 18.8. The maximum Gasteiger partial charge on any atom is 0.418 e. The zero-order valence-corrected chi connectivity index (χ0v) is 50.0. The number of hydrogen-bond acceptors (Lipinski definition) is 14. The molecule has 0 radical (unpaired) electrons. The zero-order chi connectivity index (χ0) is 62.7. The number of esters is 1. The van der Waals surface area contributed by atoms with Crippen LogP contribution in [0.1, 0.15) is 96.5 Å². The summed E-state index contributed by atoms with van der Waals surface area (Å²) < 4.78 is 48.0. The first-order chi connectivity index (χ1) is 42.1. The standard InChI is InChI=1S/C63H72F2N12O11/c1-35(2)55(58(80)75-22-10-14-52(75)56-68-31-50(70-56)40-18-16-39(17-19-40)44-21-20-42(27-49(44)65)76-33-43(87-62(76)85)30-67-38(6)79)73(7)61(84)88-59(81)63(36(3)4,72-60(82)83)77-23-11-15-53(77)57-69-32-51(71-57)46-28-54(74-24-25-86-34-74)47(26-41(46)29-66-37(5)78)45-12-8-9-13-48(45)64/h8-9,12-13,16-21,26-28,31-32,35-36,43,52-53,55,72H,10-11,14-15,22-25,29-30,33-34H2,1-7H3,(H,66,78)(H,67,79)(H,68,70)(H,69,71)(H,82,83)/t43-,52-,53-,55-,63-/m0/s1. The van der Waals surface area contributed by atoms with E-state index in [4.69, 9.17) is 19.2 Å². The molecule has 0 saturated carbocycles. The highest BCUT2D eigenvalue weighted by atomic mass is 19.1. The number of aromatic amines is 2. The van der Waals surface area contributed by atoms with Gasteiger partial charge in [0.25, 0.3) is 0 Å². The Balaban J connectivity index is 0.845. The molecule has 88 heavy (non-hydrogen) atoms. The van der Waals surface area contributed by atoms with Crippen LogP contribution in [0.3, 0.4) is 0 Å². The average Bonchev–Trinajstić information content (AvgIpc) is 2.51. The highest BCUT2D eigenvalue weighted by molar-refractivity contribution is 5.95. The number of cyclic esters (lactones) is 1. The number of benzene rings is 4. The molecule has 4 aliphatic rings. The summed E-state index contributed by atoms with van der Waals surface area (Å²) in [5.41, 5.74) is 3.77. The number of likely N-dealkylation sites (N-methyl/N-ethyl adjacent to an activating group) is 1. The number of nitrogens with one attached hydrogen (secondary N) is 5. The van der Waals surface area contributed by atoms with Crippen LogP contribution in [0.15, 0.2) is 91.3 Å². The van der Waals surface area contributed by atoms with E-state index in [1.807, 2.05) is 29.2 Å². The van der Waals surface area contributed by atoms with Crippen LogP contribution in [0.2, 0.25) is 0 Å². The number of imidazole rings is 2. The fourth-order valence-corrected chi connectivity index (χ4v) is 12.4. The third kappa shape index (κ3) is 12.6. The number of amides is 6. The molecule has 6 N–H and O–H groups in total. The molecular formula is C63H72F2N12O11. The first-order valence-electron chi connectivity index (χ1n) is 29.4. The molecule has 6 amide bonds. The summed E-state index contributed by atoms with van der Waals surface area (Å²) in [4.78, 5) is 117. The summed E-state index contributed by atoms with van der Waals surface area (Å²) in [5.74, 6) is -3.58.